The molecule has 2 N–H and O–H groups in total. The molecule has 0 atom stereocenters. The van der Waals surface area contributed by atoms with E-state index in [2.05, 4.69) is 31.7 Å². The zero-order chi connectivity index (χ0) is 13.8. The molecule has 0 amide bonds. The number of nitrogens with one attached hydrogen (secondary N) is 2. The van der Waals surface area contributed by atoms with E-state index in [1.54, 1.807) is 17.5 Å². The number of hydrogen-bond acceptors (Lipinski definition) is 6. The Morgan fingerprint density at radius 3 is 3.05 bits per heavy atom. The minimum Gasteiger partial charge on any atom is -0.368 e. The van der Waals surface area contributed by atoms with Gasteiger partial charge in [-0.25, -0.2) is 9.97 Å². The molecule has 7 heteroatoms. The molecule has 3 rings (SSSR count). The lowest BCUT2D eigenvalue weighted by Gasteiger charge is -2.09. The first-order valence-electron chi connectivity index (χ1n) is 6.55. The minimum absolute atomic E-state index is 0.674. The fraction of sp³-hybridized carbons (Fsp3) is 0.308. The maximum atomic E-state index is 4.53. The Kier molecular flexibility index (Phi) is 3.78. The highest BCUT2D eigenvalue weighted by Crippen LogP contribution is 2.26. The molecule has 0 aliphatic carbocycles. The van der Waals surface area contributed by atoms with E-state index in [1.807, 2.05) is 29.4 Å². The van der Waals surface area contributed by atoms with Crippen molar-refractivity contribution in [3.8, 4) is 0 Å². The van der Waals surface area contributed by atoms with Crippen molar-refractivity contribution in [2.75, 3.05) is 23.7 Å². The standard InChI is InChI=1S/C13H16N6S/c1-2-15-13-17-11(10-3-8-20-12(10)18-13)16-5-7-19-6-4-14-9-19/h3-4,6,8-9H,2,5,7H2,1H3,(H2,15,16,17,18). The van der Waals surface area contributed by atoms with Crippen molar-refractivity contribution >= 4 is 33.3 Å². The van der Waals surface area contributed by atoms with Gasteiger partial charge in [0.15, 0.2) is 0 Å². The number of aromatic nitrogens is 4. The van der Waals surface area contributed by atoms with Crippen LogP contribution in [0.2, 0.25) is 0 Å². The van der Waals surface area contributed by atoms with Crippen molar-refractivity contribution in [1.82, 2.24) is 19.5 Å². The van der Waals surface area contributed by atoms with E-state index in [4.69, 9.17) is 0 Å². The molecular formula is C13H16N6S. The van der Waals surface area contributed by atoms with Crippen LogP contribution in [0.15, 0.2) is 30.2 Å². The molecule has 104 valence electrons. The monoisotopic (exact) mass is 288 g/mol. The van der Waals surface area contributed by atoms with E-state index in [9.17, 15) is 0 Å². The average molecular weight is 288 g/mol. The molecule has 0 fully saturated rings. The van der Waals surface area contributed by atoms with E-state index in [0.29, 0.717) is 5.95 Å². The van der Waals surface area contributed by atoms with Crippen LogP contribution >= 0.6 is 11.3 Å². The molecule has 0 unspecified atom stereocenters. The Hall–Kier alpha value is -2.15. The third-order valence-corrected chi connectivity index (χ3v) is 3.69. The molecule has 0 aromatic carbocycles. The fourth-order valence-corrected chi connectivity index (χ4v) is 2.71. The van der Waals surface area contributed by atoms with Gasteiger partial charge in [0.25, 0.3) is 0 Å². The van der Waals surface area contributed by atoms with Gasteiger partial charge in [-0.1, -0.05) is 0 Å². The van der Waals surface area contributed by atoms with Gasteiger partial charge >= 0.3 is 0 Å². The number of hydrogen-bond donors (Lipinski definition) is 2. The highest BCUT2D eigenvalue weighted by atomic mass is 32.1. The first-order chi connectivity index (χ1) is 9.86. The summed E-state index contributed by atoms with van der Waals surface area (Å²) in [6, 6.07) is 2.05. The van der Waals surface area contributed by atoms with Crippen molar-refractivity contribution < 1.29 is 0 Å². The second kappa shape index (κ2) is 5.87. The maximum Gasteiger partial charge on any atom is 0.226 e. The Bertz CT molecular complexity index is 675. The number of imidazole rings is 1. The SMILES string of the molecule is CCNc1nc(NCCn2ccnc2)c2ccsc2n1. The van der Waals surface area contributed by atoms with Gasteiger partial charge in [-0.05, 0) is 18.4 Å². The van der Waals surface area contributed by atoms with Crippen molar-refractivity contribution in [2.45, 2.75) is 13.5 Å². The summed E-state index contributed by atoms with van der Waals surface area (Å²) in [5, 5.41) is 9.65. The summed E-state index contributed by atoms with van der Waals surface area (Å²) in [6.45, 7) is 4.50. The van der Waals surface area contributed by atoms with Crippen molar-refractivity contribution in [1.29, 1.82) is 0 Å². The second-order valence-electron chi connectivity index (χ2n) is 4.29. The van der Waals surface area contributed by atoms with Crippen molar-refractivity contribution in [2.24, 2.45) is 0 Å². The van der Waals surface area contributed by atoms with Gasteiger partial charge in [0, 0.05) is 32.0 Å². The molecule has 0 saturated heterocycles. The predicted molar refractivity (Wildman–Crippen MR) is 82.3 cm³/mol. The number of nitrogens with zero attached hydrogens (tertiary/aromatic N) is 4. The summed E-state index contributed by atoms with van der Waals surface area (Å²) in [7, 11) is 0. The molecule has 3 aromatic rings. The third-order valence-electron chi connectivity index (χ3n) is 2.88. The zero-order valence-electron chi connectivity index (χ0n) is 11.2. The first-order valence-corrected chi connectivity index (χ1v) is 7.43. The molecule has 0 aliphatic heterocycles. The lowest BCUT2D eigenvalue weighted by atomic mass is 10.4. The average Bonchev–Trinajstić information content (AvgIpc) is 3.09. The fourth-order valence-electron chi connectivity index (χ4n) is 1.95. The molecule has 0 spiro atoms. The Morgan fingerprint density at radius 1 is 1.30 bits per heavy atom. The van der Waals surface area contributed by atoms with Crippen molar-refractivity contribution in [3.05, 3.63) is 30.2 Å². The summed E-state index contributed by atoms with van der Waals surface area (Å²) >= 11 is 1.63. The van der Waals surface area contributed by atoms with Crippen LogP contribution in [0.5, 0.6) is 0 Å². The van der Waals surface area contributed by atoms with Gasteiger partial charge in [-0.15, -0.1) is 11.3 Å². The van der Waals surface area contributed by atoms with E-state index in [0.717, 1.165) is 35.7 Å². The van der Waals surface area contributed by atoms with E-state index in [-0.39, 0.29) is 0 Å². The predicted octanol–water partition coefficient (Wildman–Crippen LogP) is 2.43. The van der Waals surface area contributed by atoms with Gasteiger partial charge in [0.2, 0.25) is 5.95 Å². The highest BCUT2D eigenvalue weighted by molar-refractivity contribution is 7.16. The molecular weight excluding hydrogens is 272 g/mol. The van der Waals surface area contributed by atoms with Crippen LogP contribution in [-0.2, 0) is 6.54 Å². The molecule has 0 saturated carbocycles. The largest absolute Gasteiger partial charge is 0.368 e. The summed E-state index contributed by atoms with van der Waals surface area (Å²) < 4.78 is 2.03. The van der Waals surface area contributed by atoms with Crippen LogP contribution in [0, 0.1) is 0 Å². The molecule has 3 heterocycles. The Balaban J connectivity index is 1.76. The number of fused-ring (bicyclic) bond motifs is 1. The third kappa shape index (κ3) is 2.72. The zero-order valence-corrected chi connectivity index (χ0v) is 12.0. The molecule has 3 aromatic heterocycles. The number of anilines is 2. The minimum atomic E-state index is 0.674. The summed E-state index contributed by atoms with van der Waals surface area (Å²) in [5.74, 6) is 1.56. The molecule has 20 heavy (non-hydrogen) atoms. The number of rotatable bonds is 6. The van der Waals surface area contributed by atoms with E-state index < -0.39 is 0 Å². The Morgan fingerprint density at radius 2 is 2.25 bits per heavy atom. The van der Waals surface area contributed by atoms with Crippen LogP contribution in [0.4, 0.5) is 11.8 Å². The molecule has 0 radical (unpaired) electrons. The van der Waals surface area contributed by atoms with Crippen LogP contribution < -0.4 is 10.6 Å². The van der Waals surface area contributed by atoms with Crippen LogP contribution in [0.3, 0.4) is 0 Å². The molecule has 0 bridgehead atoms. The van der Waals surface area contributed by atoms with Gasteiger partial charge in [-0.2, -0.15) is 4.98 Å². The molecule has 6 nitrogen and oxygen atoms in total. The van der Waals surface area contributed by atoms with Crippen LogP contribution in [-0.4, -0.2) is 32.6 Å². The van der Waals surface area contributed by atoms with E-state index in [1.165, 1.54) is 0 Å². The smallest absolute Gasteiger partial charge is 0.226 e. The second-order valence-corrected chi connectivity index (χ2v) is 5.19. The maximum absolute atomic E-state index is 4.53. The quantitative estimate of drug-likeness (QED) is 0.729. The van der Waals surface area contributed by atoms with E-state index >= 15 is 0 Å². The topological polar surface area (TPSA) is 67.7 Å². The van der Waals surface area contributed by atoms with Gasteiger partial charge in [0.05, 0.1) is 11.7 Å². The van der Waals surface area contributed by atoms with Gasteiger partial charge < -0.3 is 15.2 Å². The lowest BCUT2D eigenvalue weighted by molar-refractivity contribution is 0.726. The van der Waals surface area contributed by atoms with Gasteiger partial charge in [0.1, 0.15) is 10.6 Å². The highest BCUT2D eigenvalue weighted by Gasteiger charge is 2.08. The normalized spacial score (nSPS) is 10.8. The van der Waals surface area contributed by atoms with Crippen LogP contribution in [0.25, 0.3) is 10.2 Å². The summed E-state index contributed by atoms with van der Waals surface area (Å²) in [6.07, 6.45) is 5.54. The Labute approximate surface area is 120 Å². The van der Waals surface area contributed by atoms with Gasteiger partial charge in [-0.3, -0.25) is 0 Å². The van der Waals surface area contributed by atoms with Crippen LogP contribution in [0.1, 0.15) is 6.92 Å². The summed E-state index contributed by atoms with van der Waals surface area (Å²) in [5.41, 5.74) is 0. The first kappa shape index (κ1) is 12.9. The molecule has 0 aliphatic rings. The van der Waals surface area contributed by atoms with Crippen molar-refractivity contribution in [3.63, 3.8) is 0 Å². The lowest BCUT2D eigenvalue weighted by Crippen LogP contribution is -2.12. The number of thiophene rings is 1. The summed E-state index contributed by atoms with van der Waals surface area (Å²) in [4.78, 5) is 14.0.